The first-order valence-electron chi connectivity index (χ1n) is 7.96. The average molecular weight is 328 g/mol. The van der Waals surface area contributed by atoms with Crippen LogP contribution in [0, 0.1) is 0 Å². The molecule has 0 saturated carbocycles. The fourth-order valence-electron chi connectivity index (χ4n) is 2.96. The molecule has 0 radical (unpaired) electrons. The van der Waals surface area contributed by atoms with E-state index < -0.39 is 0 Å². The van der Waals surface area contributed by atoms with Crippen LogP contribution < -0.4 is 5.73 Å². The summed E-state index contributed by atoms with van der Waals surface area (Å²) >= 11 is 1.88. The van der Waals surface area contributed by atoms with Gasteiger partial charge in [0.05, 0.1) is 12.6 Å². The predicted molar refractivity (Wildman–Crippen MR) is 97.8 cm³/mol. The van der Waals surface area contributed by atoms with Gasteiger partial charge in [-0.15, -0.1) is 11.3 Å². The molecule has 3 rings (SSSR count). The van der Waals surface area contributed by atoms with E-state index in [4.69, 9.17) is 5.73 Å². The Morgan fingerprint density at radius 1 is 1.30 bits per heavy atom. The van der Waals surface area contributed by atoms with Crippen molar-refractivity contribution in [3.63, 3.8) is 0 Å². The summed E-state index contributed by atoms with van der Waals surface area (Å²) in [5.41, 5.74) is 8.76. The van der Waals surface area contributed by atoms with Gasteiger partial charge >= 0.3 is 0 Å². The number of hydrogen-bond donors (Lipinski definition) is 1. The second-order valence-electron chi connectivity index (χ2n) is 6.11. The molecule has 5 heteroatoms. The molecule has 1 aromatic heterocycles. The van der Waals surface area contributed by atoms with E-state index in [-0.39, 0.29) is 6.04 Å². The number of nitrogens with two attached hydrogens (primary N) is 1. The van der Waals surface area contributed by atoms with Gasteiger partial charge in [0.1, 0.15) is 0 Å². The third-order valence-corrected chi connectivity index (χ3v) is 5.37. The lowest BCUT2D eigenvalue weighted by Crippen LogP contribution is -2.36. The number of thiophene rings is 1. The van der Waals surface area contributed by atoms with Gasteiger partial charge in [0.25, 0.3) is 0 Å². The quantitative estimate of drug-likeness (QED) is 0.693. The molecule has 0 fully saturated rings. The number of guanidine groups is 1. The van der Waals surface area contributed by atoms with E-state index in [2.05, 4.69) is 51.7 Å². The second-order valence-corrected chi connectivity index (χ2v) is 7.11. The summed E-state index contributed by atoms with van der Waals surface area (Å²) in [5, 5.41) is 2.20. The number of fused-ring (bicyclic) bond motifs is 1. The summed E-state index contributed by atoms with van der Waals surface area (Å²) in [6.07, 6.45) is 1.13. The third-order valence-electron chi connectivity index (χ3n) is 4.35. The third kappa shape index (κ3) is 3.74. The van der Waals surface area contributed by atoms with Crippen LogP contribution in [-0.4, -0.2) is 42.9 Å². The zero-order valence-corrected chi connectivity index (χ0v) is 14.6. The van der Waals surface area contributed by atoms with E-state index >= 15 is 0 Å². The number of nitrogens with zero attached hydrogens (tertiary/aromatic N) is 3. The maximum absolute atomic E-state index is 5.99. The monoisotopic (exact) mass is 328 g/mol. The van der Waals surface area contributed by atoms with Crippen molar-refractivity contribution >= 4 is 17.3 Å². The Hall–Kier alpha value is -1.85. The largest absolute Gasteiger partial charge is 0.370 e. The Morgan fingerprint density at radius 2 is 2.09 bits per heavy atom. The summed E-state index contributed by atoms with van der Waals surface area (Å²) in [6.45, 7) is 2.76. The SMILES string of the molecule is CN(C)C(N)=NCC(c1ccccc1)N1CCc2sccc2C1. The van der Waals surface area contributed by atoms with Gasteiger partial charge in [0.15, 0.2) is 5.96 Å². The first kappa shape index (κ1) is 16.0. The van der Waals surface area contributed by atoms with E-state index in [0.717, 1.165) is 19.5 Å². The van der Waals surface area contributed by atoms with Gasteiger partial charge in [0, 0.05) is 32.1 Å². The van der Waals surface area contributed by atoms with Gasteiger partial charge in [-0.2, -0.15) is 0 Å². The minimum Gasteiger partial charge on any atom is -0.370 e. The highest BCUT2D eigenvalue weighted by Crippen LogP contribution is 2.30. The van der Waals surface area contributed by atoms with Crippen molar-refractivity contribution in [1.82, 2.24) is 9.80 Å². The van der Waals surface area contributed by atoms with Crippen molar-refractivity contribution in [3.05, 3.63) is 57.8 Å². The normalized spacial score (nSPS) is 16.9. The Balaban J connectivity index is 1.83. The van der Waals surface area contributed by atoms with Gasteiger partial charge in [-0.3, -0.25) is 9.89 Å². The Kier molecular flexibility index (Phi) is 4.98. The molecule has 1 unspecified atom stereocenters. The fourth-order valence-corrected chi connectivity index (χ4v) is 3.85. The second kappa shape index (κ2) is 7.15. The lowest BCUT2D eigenvalue weighted by atomic mass is 10.0. The lowest BCUT2D eigenvalue weighted by Gasteiger charge is -2.34. The van der Waals surface area contributed by atoms with Crippen molar-refractivity contribution in [1.29, 1.82) is 0 Å². The smallest absolute Gasteiger partial charge is 0.190 e. The molecule has 0 aliphatic carbocycles. The molecule has 2 aromatic rings. The Bertz CT molecular complexity index is 663. The van der Waals surface area contributed by atoms with Crippen LogP contribution in [0.2, 0.25) is 0 Å². The zero-order chi connectivity index (χ0) is 16.2. The lowest BCUT2D eigenvalue weighted by molar-refractivity contribution is 0.185. The minimum atomic E-state index is 0.266. The first-order valence-corrected chi connectivity index (χ1v) is 8.84. The van der Waals surface area contributed by atoms with Crippen molar-refractivity contribution in [2.24, 2.45) is 10.7 Å². The molecule has 0 bridgehead atoms. The van der Waals surface area contributed by atoms with Crippen LogP contribution in [0.15, 0.2) is 46.8 Å². The molecule has 1 aliphatic rings. The fraction of sp³-hybridized carbons (Fsp3) is 0.389. The van der Waals surface area contributed by atoms with E-state index in [1.165, 1.54) is 16.0 Å². The molecule has 23 heavy (non-hydrogen) atoms. The molecule has 0 saturated heterocycles. The van der Waals surface area contributed by atoms with Crippen molar-refractivity contribution in [2.75, 3.05) is 27.2 Å². The maximum atomic E-state index is 5.99. The van der Waals surface area contributed by atoms with Crippen LogP contribution in [0.3, 0.4) is 0 Å². The van der Waals surface area contributed by atoms with E-state index in [1.807, 2.05) is 30.3 Å². The van der Waals surface area contributed by atoms with Crippen LogP contribution in [0.4, 0.5) is 0 Å². The molecular weight excluding hydrogens is 304 g/mol. The highest BCUT2D eigenvalue weighted by Gasteiger charge is 2.25. The molecule has 1 aliphatic heterocycles. The molecule has 122 valence electrons. The summed E-state index contributed by atoms with van der Waals surface area (Å²) in [4.78, 5) is 10.5. The van der Waals surface area contributed by atoms with Crippen LogP contribution in [0.25, 0.3) is 0 Å². The standard InChI is InChI=1S/C18H24N4S/c1-21(2)18(19)20-12-16(14-6-4-3-5-7-14)22-10-8-17-15(13-22)9-11-23-17/h3-7,9,11,16H,8,10,12-13H2,1-2H3,(H2,19,20). The maximum Gasteiger partial charge on any atom is 0.190 e. The summed E-state index contributed by atoms with van der Waals surface area (Å²) in [7, 11) is 3.85. The summed E-state index contributed by atoms with van der Waals surface area (Å²) in [6, 6.07) is 13.2. The van der Waals surface area contributed by atoms with E-state index in [9.17, 15) is 0 Å². The zero-order valence-electron chi connectivity index (χ0n) is 13.8. The van der Waals surface area contributed by atoms with Crippen LogP contribution in [-0.2, 0) is 13.0 Å². The molecule has 1 atom stereocenters. The molecule has 0 spiro atoms. The van der Waals surface area contributed by atoms with Gasteiger partial charge in [0.2, 0.25) is 0 Å². The van der Waals surface area contributed by atoms with Crippen LogP contribution in [0.1, 0.15) is 22.0 Å². The average Bonchev–Trinajstić information content (AvgIpc) is 3.03. The summed E-state index contributed by atoms with van der Waals surface area (Å²) in [5.74, 6) is 0.583. The highest BCUT2D eigenvalue weighted by molar-refractivity contribution is 7.10. The van der Waals surface area contributed by atoms with Crippen LogP contribution in [0.5, 0.6) is 0 Å². The molecule has 4 nitrogen and oxygen atoms in total. The topological polar surface area (TPSA) is 44.9 Å². The summed E-state index contributed by atoms with van der Waals surface area (Å²) < 4.78 is 0. The number of rotatable bonds is 4. The van der Waals surface area contributed by atoms with Gasteiger partial charge in [-0.25, -0.2) is 0 Å². The molecular formula is C18H24N4S. The number of hydrogen-bond acceptors (Lipinski definition) is 3. The predicted octanol–water partition coefficient (Wildman–Crippen LogP) is 2.72. The van der Waals surface area contributed by atoms with E-state index in [1.54, 1.807) is 0 Å². The van der Waals surface area contributed by atoms with E-state index in [0.29, 0.717) is 12.5 Å². The molecule has 2 heterocycles. The van der Waals surface area contributed by atoms with Crippen molar-refractivity contribution in [2.45, 2.75) is 19.0 Å². The van der Waals surface area contributed by atoms with Crippen LogP contribution >= 0.6 is 11.3 Å². The minimum absolute atomic E-state index is 0.266. The van der Waals surface area contributed by atoms with Crippen molar-refractivity contribution < 1.29 is 0 Å². The Labute approximate surface area is 142 Å². The number of benzene rings is 1. The number of aliphatic imine (C=N–C) groups is 1. The van der Waals surface area contributed by atoms with Gasteiger partial charge in [-0.05, 0) is 29.0 Å². The molecule has 2 N–H and O–H groups in total. The van der Waals surface area contributed by atoms with Gasteiger partial charge in [-0.1, -0.05) is 30.3 Å². The Morgan fingerprint density at radius 3 is 2.83 bits per heavy atom. The molecule has 0 amide bonds. The molecule has 1 aromatic carbocycles. The van der Waals surface area contributed by atoms with Gasteiger partial charge < -0.3 is 10.6 Å². The first-order chi connectivity index (χ1) is 11.1. The highest BCUT2D eigenvalue weighted by atomic mass is 32.1. The van der Waals surface area contributed by atoms with Crippen molar-refractivity contribution in [3.8, 4) is 0 Å².